The molecule has 0 saturated heterocycles. The lowest BCUT2D eigenvalue weighted by atomic mass is 9.82. The molecule has 2 heterocycles. The molecule has 4 rings (SSSR count). The highest BCUT2D eigenvalue weighted by atomic mass is 16.5. The van der Waals surface area contributed by atoms with Crippen molar-refractivity contribution < 1.29 is 24.1 Å². The number of rotatable bonds is 6. The third kappa shape index (κ3) is 3.41. The Hall–Kier alpha value is -4.32. The monoisotopic (exact) mass is 434 g/mol. The Morgan fingerprint density at radius 3 is 2.69 bits per heavy atom. The molecular weight excluding hydrogens is 412 g/mol. The number of nitrogens with one attached hydrogen (secondary N) is 1. The summed E-state index contributed by atoms with van der Waals surface area (Å²) in [6, 6.07) is 12.4. The van der Waals surface area contributed by atoms with Gasteiger partial charge in [0.25, 0.3) is 0 Å². The predicted octanol–water partition coefficient (Wildman–Crippen LogP) is 3.42. The second-order valence-corrected chi connectivity index (χ2v) is 6.97. The van der Waals surface area contributed by atoms with Gasteiger partial charge in [0, 0.05) is 5.56 Å². The first kappa shape index (κ1) is 20.9. The standard InChI is InChI=1S/C23H22N4O5/c1-4-31-18-9-12(5-7-16(18)28)19-15(11-24)22(25)32-23-20(19)21(26-27-23)14-10-13(29-2)6-8-17(14)30-3/h5-10,19,28H,4,25H2,1-3H3,(H,26,27). The lowest BCUT2D eigenvalue weighted by molar-refractivity contribution is 0.317. The highest BCUT2D eigenvalue weighted by Gasteiger charge is 2.36. The Kier molecular flexibility index (Phi) is 5.52. The van der Waals surface area contributed by atoms with Crippen LogP contribution in [-0.2, 0) is 0 Å². The second kappa shape index (κ2) is 8.43. The van der Waals surface area contributed by atoms with Crippen LogP contribution in [0.2, 0.25) is 0 Å². The Labute approximate surface area is 184 Å². The fourth-order valence-electron chi connectivity index (χ4n) is 3.77. The molecule has 0 bridgehead atoms. The van der Waals surface area contributed by atoms with E-state index in [4.69, 9.17) is 24.7 Å². The van der Waals surface area contributed by atoms with Gasteiger partial charge in [-0.2, -0.15) is 5.26 Å². The Morgan fingerprint density at radius 2 is 2.00 bits per heavy atom. The summed E-state index contributed by atoms with van der Waals surface area (Å²) < 4.78 is 22.1. The average Bonchev–Trinajstić information content (AvgIpc) is 3.22. The summed E-state index contributed by atoms with van der Waals surface area (Å²) >= 11 is 0. The van der Waals surface area contributed by atoms with Gasteiger partial charge in [0.05, 0.1) is 38.0 Å². The molecule has 0 amide bonds. The number of H-pyrrole nitrogens is 1. The number of aromatic hydroxyl groups is 1. The summed E-state index contributed by atoms with van der Waals surface area (Å²) in [6.07, 6.45) is 0. The molecule has 1 aliphatic rings. The van der Waals surface area contributed by atoms with Crippen LogP contribution < -0.4 is 24.7 Å². The number of phenolic OH excluding ortho intramolecular Hbond substituents is 1. The summed E-state index contributed by atoms with van der Waals surface area (Å²) in [5, 5.41) is 27.3. The molecule has 1 aromatic heterocycles. The number of benzene rings is 2. The van der Waals surface area contributed by atoms with Crippen molar-refractivity contribution in [1.29, 1.82) is 5.26 Å². The van der Waals surface area contributed by atoms with Crippen LogP contribution in [0.1, 0.15) is 24.0 Å². The second-order valence-electron chi connectivity index (χ2n) is 6.97. The SMILES string of the molecule is CCOc1cc(C2C(C#N)=C(N)Oc3n[nH]c(-c4cc(OC)ccc4OC)c32)ccc1O. The number of ether oxygens (including phenoxy) is 4. The van der Waals surface area contributed by atoms with Crippen LogP contribution in [-0.4, -0.2) is 36.1 Å². The van der Waals surface area contributed by atoms with Crippen LogP contribution in [0.3, 0.4) is 0 Å². The van der Waals surface area contributed by atoms with Crippen LogP contribution in [0.5, 0.6) is 28.9 Å². The smallest absolute Gasteiger partial charge is 0.244 e. The molecule has 3 aromatic rings. The molecule has 1 aliphatic heterocycles. The van der Waals surface area contributed by atoms with Crippen LogP contribution in [0, 0.1) is 11.3 Å². The molecule has 0 spiro atoms. The average molecular weight is 434 g/mol. The number of hydrogen-bond acceptors (Lipinski definition) is 8. The largest absolute Gasteiger partial charge is 0.504 e. The number of phenols is 1. The third-order valence-corrected chi connectivity index (χ3v) is 5.23. The molecule has 32 heavy (non-hydrogen) atoms. The molecule has 0 fully saturated rings. The Balaban J connectivity index is 1.96. The summed E-state index contributed by atoms with van der Waals surface area (Å²) in [7, 11) is 3.14. The van der Waals surface area contributed by atoms with Crippen LogP contribution in [0.15, 0.2) is 47.9 Å². The minimum Gasteiger partial charge on any atom is -0.504 e. The summed E-state index contributed by atoms with van der Waals surface area (Å²) in [5.41, 5.74) is 8.84. The van der Waals surface area contributed by atoms with Crippen molar-refractivity contribution in [2.45, 2.75) is 12.8 Å². The molecule has 0 aliphatic carbocycles. The van der Waals surface area contributed by atoms with Crippen molar-refractivity contribution in [3.05, 3.63) is 59.0 Å². The molecule has 9 heteroatoms. The predicted molar refractivity (Wildman–Crippen MR) is 116 cm³/mol. The number of aromatic nitrogens is 2. The molecule has 2 aromatic carbocycles. The number of fused-ring (bicyclic) bond motifs is 1. The Morgan fingerprint density at radius 1 is 1.19 bits per heavy atom. The normalized spacial score (nSPS) is 14.9. The fourth-order valence-corrected chi connectivity index (χ4v) is 3.77. The van der Waals surface area contributed by atoms with Gasteiger partial charge >= 0.3 is 0 Å². The zero-order valence-corrected chi connectivity index (χ0v) is 17.8. The van der Waals surface area contributed by atoms with Crippen molar-refractivity contribution in [3.63, 3.8) is 0 Å². The van der Waals surface area contributed by atoms with Gasteiger partial charge in [-0.05, 0) is 42.8 Å². The highest BCUT2D eigenvalue weighted by Crippen LogP contribution is 2.48. The van der Waals surface area contributed by atoms with E-state index < -0.39 is 5.92 Å². The minimum atomic E-state index is -0.617. The van der Waals surface area contributed by atoms with Gasteiger partial charge in [-0.1, -0.05) is 6.07 Å². The molecule has 0 saturated carbocycles. The summed E-state index contributed by atoms with van der Waals surface area (Å²) in [5.74, 6) is 1.10. The van der Waals surface area contributed by atoms with Crippen LogP contribution in [0.25, 0.3) is 11.3 Å². The topological polar surface area (TPSA) is 136 Å². The number of allylic oxidation sites excluding steroid dienone is 1. The van der Waals surface area contributed by atoms with E-state index in [0.717, 1.165) is 0 Å². The first-order valence-corrected chi connectivity index (χ1v) is 9.86. The van der Waals surface area contributed by atoms with Gasteiger partial charge < -0.3 is 29.8 Å². The zero-order chi connectivity index (χ0) is 22.8. The number of methoxy groups -OCH3 is 2. The van der Waals surface area contributed by atoms with Crippen molar-refractivity contribution in [1.82, 2.24) is 10.2 Å². The molecule has 9 nitrogen and oxygen atoms in total. The Bertz CT molecular complexity index is 1240. The molecule has 1 atom stereocenters. The maximum atomic E-state index is 10.2. The van der Waals surface area contributed by atoms with Crippen LogP contribution in [0.4, 0.5) is 0 Å². The molecular formula is C23H22N4O5. The summed E-state index contributed by atoms with van der Waals surface area (Å²) in [6.45, 7) is 2.19. The van der Waals surface area contributed by atoms with E-state index in [1.54, 1.807) is 44.6 Å². The molecule has 164 valence electrons. The third-order valence-electron chi connectivity index (χ3n) is 5.23. The van der Waals surface area contributed by atoms with Gasteiger partial charge in [-0.25, -0.2) is 0 Å². The van der Waals surface area contributed by atoms with E-state index in [0.29, 0.717) is 46.2 Å². The van der Waals surface area contributed by atoms with Crippen molar-refractivity contribution in [2.75, 3.05) is 20.8 Å². The number of hydrogen-bond donors (Lipinski definition) is 3. The number of nitriles is 1. The lowest BCUT2D eigenvalue weighted by Crippen LogP contribution is -2.21. The maximum Gasteiger partial charge on any atom is 0.244 e. The van der Waals surface area contributed by atoms with E-state index in [1.807, 2.05) is 6.92 Å². The van der Waals surface area contributed by atoms with Gasteiger partial charge in [0.15, 0.2) is 11.5 Å². The van der Waals surface area contributed by atoms with Crippen LogP contribution >= 0.6 is 0 Å². The first-order chi connectivity index (χ1) is 15.5. The van der Waals surface area contributed by atoms with E-state index in [-0.39, 0.29) is 23.1 Å². The lowest BCUT2D eigenvalue weighted by Gasteiger charge is -2.25. The van der Waals surface area contributed by atoms with E-state index in [9.17, 15) is 10.4 Å². The highest BCUT2D eigenvalue weighted by molar-refractivity contribution is 5.76. The van der Waals surface area contributed by atoms with Gasteiger partial charge in [-0.3, -0.25) is 5.10 Å². The molecule has 1 unspecified atom stereocenters. The van der Waals surface area contributed by atoms with Crippen molar-refractivity contribution in [3.8, 4) is 46.2 Å². The maximum absolute atomic E-state index is 10.2. The number of nitrogens with zero attached hydrogens (tertiary/aromatic N) is 2. The quantitative estimate of drug-likeness (QED) is 0.537. The van der Waals surface area contributed by atoms with Crippen molar-refractivity contribution in [2.24, 2.45) is 5.73 Å². The van der Waals surface area contributed by atoms with E-state index in [1.165, 1.54) is 6.07 Å². The summed E-state index contributed by atoms with van der Waals surface area (Å²) in [4.78, 5) is 0. The fraction of sp³-hybridized carbons (Fsp3) is 0.217. The zero-order valence-electron chi connectivity index (χ0n) is 17.8. The van der Waals surface area contributed by atoms with Gasteiger partial charge in [0.1, 0.15) is 23.1 Å². The molecule has 4 N–H and O–H groups in total. The van der Waals surface area contributed by atoms with Gasteiger partial charge in [-0.15, -0.1) is 5.10 Å². The number of nitrogens with two attached hydrogens (primary N) is 1. The first-order valence-electron chi connectivity index (χ1n) is 9.86. The number of aromatic amines is 1. The minimum absolute atomic E-state index is 0.000208. The molecule has 0 radical (unpaired) electrons. The van der Waals surface area contributed by atoms with Crippen molar-refractivity contribution >= 4 is 0 Å². The van der Waals surface area contributed by atoms with Gasteiger partial charge in [0.2, 0.25) is 11.8 Å². The van der Waals surface area contributed by atoms with E-state index >= 15 is 0 Å². The van der Waals surface area contributed by atoms with E-state index in [2.05, 4.69) is 16.3 Å².